The zero-order valence-corrected chi connectivity index (χ0v) is 9.43. The summed E-state index contributed by atoms with van der Waals surface area (Å²) in [6, 6.07) is 16.3. The third kappa shape index (κ3) is 2.82. The van der Waals surface area contributed by atoms with Crippen LogP contribution in [0.4, 0.5) is 0 Å². The van der Waals surface area contributed by atoms with Crippen molar-refractivity contribution in [2.45, 2.75) is 6.54 Å². The van der Waals surface area contributed by atoms with Crippen molar-refractivity contribution in [3.8, 4) is 17.2 Å². The Labute approximate surface area is 101 Å². The first-order valence-electron chi connectivity index (χ1n) is 4.81. The Balaban J connectivity index is 0.00000128. The summed E-state index contributed by atoms with van der Waals surface area (Å²) in [4.78, 5) is 0. The Morgan fingerprint density at radius 3 is 2.38 bits per heavy atom. The maximum Gasteiger partial charge on any atom is 0.233 e. The maximum absolute atomic E-state index is 8.61. The van der Waals surface area contributed by atoms with Gasteiger partial charge in [0.1, 0.15) is 6.07 Å². The molecule has 16 heavy (non-hydrogen) atoms. The van der Waals surface area contributed by atoms with Gasteiger partial charge in [-0.2, -0.15) is 9.83 Å². The molecule has 2 nitrogen and oxygen atoms in total. The summed E-state index contributed by atoms with van der Waals surface area (Å²) >= 11 is 0. The first-order chi connectivity index (χ1) is 7.40. The van der Waals surface area contributed by atoms with Crippen molar-refractivity contribution >= 4 is 0 Å². The number of pyridine rings is 1. The van der Waals surface area contributed by atoms with Crippen molar-refractivity contribution in [1.29, 1.82) is 5.26 Å². The fraction of sp³-hybridized carbons (Fsp3) is 0.0769. The normalized spacial score (nSPS) is 8.94. The number of hydrogen-bond donors (Lipinski definition) is 0. The lowest BCUT2D eigenvalue weighted by atomic mass is 10.1. The van der Waals surface area contributed by atoms with Crippen molar-refractivity contribution in [2.75, 3.05) is 0 Å². The molecule has 0 radical (unpaired) electrons. The van der Waals surface area contributed by atoms with E-state index in [0.717, 1.165) is 5.56 Å². The van der Waals surface area contributed by atoms with Crippen LogP contribution in [0.3, 0.4) is 0 Å². The van der Waals surface area contributed by atoms with Crippen LogP contribution in [-0.2, 0) is 6.54 Å². The van der Waals surface area contributed by atoms with Gasteiger partial charge in [-0.3, -0.25) is 0 Å². The topological polar surface area (TPSA) is 27.7 Å². The minimum atomic E-state index is 0. The fourth-order valence-corrected chi connectivity index (χ4v) is 1.50. The summed E-state index contributed by atoms with van der Waals surface area (Å²) in [5, 5.41) is 8.61. The standard InChI is InChI=1S/C13H11N2.ClH/c14-8-10-15-9-4-7-13(11-15)12-5-2-1-3-6-12;/h1-7,9,11H,10H2;1H/q+1;/p-1. The van der Waals surface area contributed by atoms with Crippen LogP contribution in [0.25, 0.3) is 11.1 Å². The van der Waals surface area contributed by atoms with Crippen LogP contribution < -0.4 is 17.0 Å². The molecule has 2 rings (SSSR count). The summed E-state index contributed by atoms with van der Waals surface area (Å²) in [5.74, 6) is 0. The monoisotopic (exact) mass is 230 g/mol. The SMILES string of the molecule is N#CC[n+]1cccc(-c2ccccc2)c1.[Cl-]. The highest BCUT2D eigenvalue weighted by Gasteiger charge is 2.02. The van der Waals surface area contributed by atoms with Crippen LogP contribution in [0.2, 0.25) is 0 Å². The summed E-state index contributed by atoms with van der Waals surface area (Å²) < 4.78 is 1.88. The number of aromatic nitrogens is 1. The fourth-order valence-electron chi connectivity index (χ4n) is 1.50. The average molecular weight is 231 g/mol. The molecule has 1 aromatic heterocycles. The van der Waals surface area contributed by atoms with E-state index in [2.05, 4.69) is 18.2 Å². The van der Waals surface area contributed by atoms with Gasteiger partial charge in [0.25, 0.3) is 0 Å². The summed E-state index contributed by atoms with van der Waals surface area (Å²) in [5.41, 5.74) is 2.30. The van der Waals surface area contributed by atoms with Crippen molar-refractivity contribution in [3.63, 3.8) is 0 Å². The quantitative estimate of drug-likeness (QED) is 0.619. The third-order valence-electron chi connectivity index (χ3n) is 2.22. The first-order valence-corrected chi connectivity index (χ1v) is 4.81. The molecular weight excluding hydrogens is 220 g/mol. The van der Waals surface area contributed by atoms with E-state index in [0.29, 0.717) is 6.54 Å². The van der Waals surface area contributed by atoms with Crippen molar-refractivity contribution in [3.05, 3.63) is 54.9 Å². The number of benzene rings is 1. The molecule has 0 aliphatic heterocycles. The van der Waals surface area contributed by atoms with E-state index in [-0.39, 0.29) is 12.4 Å². The molecule has 0 unspecified atom stereocenters. The Morgan fingerprint density at radius 1 is 1.00 bits per heavy atom. The molecule has 0 saturated heterocycles. The van der Waals surface area contributed by atoms with Crippen LogP contribution in [0.1, 0.15) is 0 Å². The minimum Gasteiger partial charge on any atom is -1.00 e. The van der Waals surface area contributed by atoms with Gasteiger partial charge in [0.05, 0.1) is 0 Å². The molecule has 0 bridgehead atoms. The van der Waals surface area contributed by atoms with Gasteiger partial charge in [-0.1, -0.05) is 30.3 Å². The lowest BCUT2D eigenvalue weighted by molar-refractivity contribution is -0.684. The number of rotatable bonds is 2. The van der Waals surface area contributed by atoms with Gasteiger partial charge >= 0.3 is 0 Å². The molecule has 1 aromatic carbocycles. The lowest BCUT2D eigenvalue weighted by Crippen LogP contribution is -3.00. The summed E-state index contributed by atoms with van der Waals surface area (Å²) in [7, 11) is 0. The Morgan fingerprint density at radius 2 is 1.69 bits per heavy atom. The molecule has 2 aromatic rings. The molecule has 0 aliphatic carbocycles. The highest BCUT2D eigenvalue weighted by atomic mass is 35.5. The Hall–Kier alpha value is -1.85. The Kier molecular flexibility index (Phi) is 4.50. The van der Waals surface area contributed by atoms with E-state index in [1.807, 2.05) is 47.3 Å². The number of halogens is 1. The largest absolute Gasteiger partial charge is 1.00 e. The van der Waals surface area contributed by atoms with Crippen LogP contribution in [0.5, 0.6) is 0 Å². The van der Waals surface area contributed by atoms with E-state index in [9.17, 15) is 0 Å². The van der Waals surface area contributed by atoms with Crippen LogP contribution in [0, 0.1) is 11.3 Å². The molecule has 80 valence electrons. The van der Waals surface area contributed by atoms with Crippen molar-refractivity contribution in [1.82, 2.24) is 0 Å². The molecule has 0 spiro atoms. The molecule has 0 saturated carbocycles. The van der Waals surface area contributed by atoms with E-state index in [4.69, 9.17) is 5.26 Å². The van der Waals surface area contributed by atoms with E-state index in [1.54, 1.807) is 0 Å². The predicted molar refractivity (Wildman–Crippen MR) is 57.7 cm³/mol. The van der Waals surface area contributed by atoms with Crippen molar-refractivity contribution < 1.29 is 17.0 Å². The highest BCUT2D eigenvalue weighted by molar-refractivity contribution is 5.61. The second-order valence-corrected chi connectivity index (χ2v) is 3.29. The van der Waals surface area contributed by atoms with Crippen molar-refractivity contribution in [2.24, 2.45) is 0 Å². The van der Waals surface area contributed by atoms with Gasteiger partial charge in [0.2, 0.25) is 6.54 Å². The molecule has 1 heterocycles. The Bertz CT molecular complexity index is 489. The second-order valence-electron chi connectivity index (χ2n) is 3.29. The zero-order chi connectivity index (χ0) is 10.5. The summed E-state index contributed by atoms with van der Waals surface area (Å²) in [6.07, 6.45) is 3.88. The van der Waals surface area contributed by atoms with E-state index < -0.39 is 0 Å². The van der Waals surface area contributed by atoms with Gasteiger partial charge in [-0.15, -0.1) is 0 Å². The third-order valence-corrected chi connectivity index (χ3v) is 2.22. The van der Waals surface area contributed by atoms with Gasteiger partial charge in [0.15, 0.2) is 12.4 Å². The van der Waals surface area contributed by atoms with Crippen LogP contribution >= 0.6 is 0 Å². The minimum absolute atomic E-state index is 0. The number of hydrogen-bond acceptors (Lipinski definition) is 1. The lowest BCUT2D eigenvalue weighted by Gasteiger charge is -1.98. The van der Waals surface area contributed by atoms with Gasteiger partial charge < -0.3 is 12.4 Å². The molecule has 0 amide bonds. The predicted octanol–water partition coefficient (Wildman–Crippen LogP) is -0.831. The number of nitriles is 1. The smallest absolute Gasteiger partial charge is 0.233 e. The highest BCUT2D eigenvalue weighted by Crippen LogP contribution is 2.15. The van der Waals surface area contributed by atoms with Gasteiger partial charge in [0, 0.05) is 11.6 Å². The van der Waals surface area contributed by atoms with E-state index in [1.165, 1.54) is 5.56 Å². The van der Waals surface area contributed by atoms with Gasteiger partial charge in [-0.05, 0) is 11.6 Å². The molecular formula is C13H11ClN2. The second kappa shape index (κ2) is 5.89. The van der Waals surface area contributed by atoms with Crippen LogP contribution in [-0.4, -0.2) is 0 Å². The van der Waals surface area contributed by atoms with Gasteiger partial charge in [-0.25, -0.2) is 0 Å². The van der Waals surface area contributed by atoms with Crippen LogP contribution in [0.15, 0.2) is 54.9 Å². The average Bonchev–Trinajstić information content (AvgIpc) is 2.31. The number of nitrogens with zero attached hydrogens (tertiary/aromatic N) is 2. The zero-order valence-electron chi connectivity index (χ0n) is 8.68. The molecule has 3 heteroatoms. The molecule has 0 N–H and O–H groups in total. The maximum atomic E-state index is 8.61. The molecule has 0 aliphatic rings. The van der Waals surface area contributed by atoms with E-state index >= 15 is 0 Å². The summed E-state index contributed by atoms with van der Waals surface area (Å²) in [6.45, 7) is 0.390. The molecule has 0 fully saturated rings. The first kappa shape index (κ1) is 12.2. The molecule has 0 atom stereocenters.